The Morgan fingerprint density at radius 2 is 1.25 bits per heavy atom. The summed E-state index contributed by atoms with van der Waals surface area (Å²) in [5.41, 5.74) is 3.97. The molecule has 1 fully saturated rings. The van der Waals surface area contributed by atoms with Gasteiger partial charge in [0.2, 0.25) is 0 Å². The van der Waals surface area contributed by atoms with Gasteiger partial charge in [-0.3, -0.25) is 0 Å². The number of rotatable bonds is 4. The van der Waals surface area contributed by atoms with Gasteiger partial charge in [0.15, 0.2) is 11.4 Å². The molecule has 2 atom stereocenters. The Morgan fingerprint density at radius 3 is 1.69 bits per heavy atom. The van der Waals surface area contributed by atoms with Gasteiger partial charge in [0, 0.05) is 24.8 Å². The average Bonchev–Trinajstić information content (AvgIpc) is 3.38. The van der Waals surface area contributed by atoms with Gasteiger partial charge in [0.05, 0.1) is 0 Å². The molecule has 0 radical (unpaired) electrons. The summed E-state index contributed by atoms with van der Waals surface area (Å²) in [5.74, 6) is -1.02. The Kier molecular flexibility index (Phi) is 5.13. The SMILES string of the molecule is Cc1ccn2cc(C(=O)O[C@H]3CCCC[C@@H]3OC(=O)c3cn4ccc(C)cc4n3)nc2c1. The summed E-state index contributed by atoms with van der Waals surface area (Å²) in [6.07, 6.45) is 9.09. The number of pyridine rings is 2. The van der Waals surface area contributed by atoms with E-state index in [0.717, 1.165) is 24.0 Å². The molecular formula is C24H24N4O4. The van der Waals surface area contributed by atoms with Crippen molar-refractivity contribution in [3.05, 3.63) is 71.6 Å². The van der Waals surface area contributed by atoms with Crippen LogP contribution in [0.15, 0.2) is 49.1 Å². The van der Waals surface area contributed by atoms with E-state index in [1.165, 1.54) is 0 Å². The van der Waals surface area contributed by atoms with Crippen molar-refractivity contribution in [2.45, 2.75) is 51.7 Å². The van der Waals surface area contributed by atoms with Gasteiger partial charge in [-0.05, 0) is 74.9 Å². The number of aromatic nitrogens is 4. The Morgan fingerprint density at radius 1 is 0.812 bits per heavy atom. The average molecular weight is 432 g/mol. The summed E-state index contributed by atoms with van der Waals surface area (Å²) >= 11 is 0. The molecule has 0 aliphatic heterocycles. The maximum atomic E-state index is 12.8. The lowest BCUT2D eigenvalue weighted by Gasteiger charge is -2.30. The molecule has 4 aromatic rings. The van der Waals surface area contributed by atoms with Crippen LogP contribution in [0.2, 0.25) is 0 Å². The molecule has 4 aromatic heterocycles. The van der Waals surface area contributed by atoms with Gasteiger partial charge in [-0.25, -0.2) is 19.6 Å². The zero-order valence-electron chi connectivity index (χ0n) is 18.0. The van der Waals surface area contributed by atoms with Crippen molar-refractivity contribution in [3.8, 4) is 0 Å². The van der Waals surface area contributed by atoms with Crippen LogP contribution >= 0.6 is 0 Å². The van der Waals surface area contributed by atoms with Gasteiger partial charge < -0.3 is 18.3 Å². The normalized spacial score (nSPS) is 18.7. The fourth-order valence-corrected chi connectivity index (χ4v) is 4.09. The lowest BCUT2D eigenvalue weighted by molar-refractivity contribution is -0.0518. The summed E-state index contributed by atoms with van der Waals surface area (Å²) in [6.45, 7) is 3.94. The van der Waals surface area contributed by atoms with E-state index < -0.39 is 24.1 Å². The quantitative estimate of drug-likeness (QED) is 0.454. The molecule has 0 bridgehead atoms. The van der Waals surface area contributed by atoms with Gasteiger partial charge >= 0.3 is 11.9 Å². The second kappa shape index (κ2) is 8.11. The molecule has 0 saturated heterocycles. The highest BCUT2D eigenvalue weighted by Crippen LogP contribution is 2.26. The molecular weight excluding hydrogens is 408 g/mol. The van der Waals surface area contributed by atoms with Crippen molar-refractivity contribution >= 4 is 23.2 Å². The van der Waals surface area contributed by atoms with Crippen LogP contribution in [0, 0.1) is 13.8 Å². The summed E-state index contributed by atoms with van der Waals surface area (Å²) in [6, 6.07) is 7.69. The fraction of sp³-hybridized carbons (Fsp3) is 0.333. The first-order chi connectivity index (χ1) is 15.5. The number of ether oxygens (including phenoxy) is 2. The zero-order chi connectivity index (χ0) is 22.2. The van der Waals surface area contributed by atoms with E-state index in [4.69, 9.17) is 9.47 Å². The Balaban J connectivity index is 1.30. The van der Waals surface area contributed by atoms with Crippen LogP contribution in [0.25, 0.3) is 11.3 Å². The molecule has 4 heterocycles. The van der Waals surface area contributed by atoms with Crippen LogP contribution < -0.4 is 0 Å². The van der Waals surface area contributed by atoms with Crippen LogP contribution in [0.3, 0.4) is 0 Å². The third-order valence-corrected chi connectivity index (χ3v) is 5.81. The maximum Gasteiger partial charge on any atom is 0.358 e. The van der Waals surface area contributed by atoms with Crippen molar-refractivity contribution in [3.63, 3.8) is 0 Å². The molecule has 0 N–H and O–H groups in total. The molecule has 164 valence electrons. The van der Waals surface area contributed by atoms with Crippen molar-refractivity contribution in [1.29, 1.82) is 0 Å². The van der Waals surface area contributed by atoms with Gasteiger partial charge in [0.1, 0.15) is 23.5 Å². The fourth-order valence-electron chi connectivity index (χ4n) is 4.09. The van der Waals surface area contributed by atoms with Crippen LogP contribution in [0.5, 0.6) is 0 Å². The standard InChI is InChI=1S/C24H24N4O4/c1-15-7-9-27-13-17(25-21(27)11-15)23(29)31-19-5-3-4-6-20(19)32-24(30)18-14-28-10-8-16(2)12-22(28)26-18/h7-14,19-20H,3-6H2,1-2H3/t19-,20-/m0/s1. The van der Waals surface area contributed by atoms with E-state index in [0.29, 0.717) is 24.1 Å². The van der Waals surface area contributed by atoms with Crippen molar-refractivity contribution < 1.29 is 19.1 Å². The molecule has 0 unspecified atom stereocenters. The minimum absolute atomic E-state index is 0.238. The van der Waals surface area contributed by atoms with Crippen molar-refractivity contribution in [1.82, 2.24) is 18.8 Å². The number of nitrogens with zero attached hydrogens (tertiary/aromatic N) is 4. The van der Waals surface area contributed by atoms with Crippen molar-refractivity contribution in [2.24, 2.45) is 0 Å². The topological polar surface area (TPSA) is 87.2 Å². The second-order valence-corrected chi connectivity index (χ2v) is 8.36. The first-order valence-electron chi connectivity index (χ1n) is 10.8. The minimum Gasteiger partial charge on any atom is -0.454 e. The van der Waals surface area contributed by atoms with Gasteiger partial charge in [-0.1, -0.05) is 0 Å². The van der Waals surface area contributed by atoms with E-state index in [2.05, 4.69) is 9.97 Å². The number of hydrogen-bond acceptors (Lipinski definition) is 6. The number of esters is 2. The van der Waals surface area contributed by atoms with Crippen LogP contribution in [0.1, 0.15) is 57.8 Å². The monoisotopic (exact) mass is 432 g/mol. The van der Waals surface area contributed by atoms with E-state index >= 15 is 0 Å². The number of carbonyl (C=O) groups excluding carboxylic acids is 2. The first-order valence-corrected chi connectivity index (χ1v) is 10.8. The minimum atomic E-state index is -0.512. The molecule has 5 rings (SSSR count). The van der Waals surface area contributed by atoms with Crippen LogP contribution in [0.4, 0.5) is 0 Å². The highest BCUT2D eigenvalue weighted by Gasteiger charge is 2.33. The molecule has 1 saturated carbocycles. The summed E-state index contributed by atoms with van der Waals surface area (Å²) in [4.78, 5) is 34.3. The van der Waals surface area contributed by atoms with E-state index in [1.807, 2.05) is 50.5 Å². The molecule has 0 amide bonds. The Hall–Kier alpha value is -3.68. The molecule has 1 aliphatic rings. The number of hydrogen-bond donors (Lipinski definition) is 0. The molecule has 0 spiro atoms. The lowest BCUT2D eigenvalue weighted by atomic mass is 9.94. The third-order valence-electron chi connectivity index (χ3n) is 5.81. The van der Waals surface area contributed by atoms with Gasteiger partial charge in [-0.2, -0.15) is 0 Å². The van der Waals surface area contributed by atoms with Crippen LogP contribution in [-0.2, 0) is 9.47 Å². The lowest BCUT2D eigenvalue weighted by Crippen LogP contribution is -2.38. The largest absolute Gasteiger partial charge is 0.454 e. The number of fused-ring (bicyclic) bond motifs is 2. The number of imidazole rings is 2. The molecule has 8 heteroatoms. The Labute approximate surface area is 184 Å². The molecule has 8 nitrogen and oxygen atoms in total. The van der Waals surface area contributed by atoms with Crippen molar-refractivity contribution in [2.75, 3.05) is 0 Å². The predicted octanol–water partition coefficient (Wildman–Crippen LogP) is 3.92. The van der Waals surface area contributed by atoms with Crippen LogP contribution in [-0.4, -0.2) is 42.9 Å². The van der Waals surface area contributed by atoms with E-state index in [9.17, 15) is 9.59 Å². The number of aryl methyl sites for hydroxylation is 2. The molecule has 0 aromatic carbocycles. The third kappa shape index (κ3) is 3.95. The number of carbonyl (C=O) groups is 2. The van der Waals surface area contributed by atoms with Gasteiger partial charge in [-0.15, -0.1) is 0 Å². The second-order valence-electron chi connectivity index (χ2n) is 8.36. The van der Waals surface area contributed by atoms with Gasteiger partial charge in [0.25, 0.3) is 0 Å². The summed E-state index contributed by atoms with van der Waals surface area (Å²) in [7, 11) is 0. The zero-order valence-corrected chi connectivity index (χ0v) is 18.0. The summed E-state index contributed by atoms with van der Waals surface area (Å²) in [5, 5.41) is 0. The molecule has 32 heavy (non-hydrogen) atoms. The molecule has 1 aliphatic carbocycles. The van der Waals surface area contributed by atoms with E-state index in [-0.39, 0.29) is 11.4 Å². The highest BCUT2D eigenvalue weighted by atomic mass is 16.6. The maximum absolute atomic E-state index is 12.8. The Bertz CT molecular complexity index is 1220. The first kappa shape index (κ1) is 20.2. The highest BCUT2D eigenvalue weighted by molar-refractivity contribution is 5.89. The summed E-state index contributed by atoms with van der Waals surface area (Å²) < 4.78 is 15.1. The predicted molar refractivity (Wildman–Crippen MR) is 117 cm³/mol. The smallest absolute Gasteiger partial charge is 0.358 e. The van der Waals surface area contributed by atoms with E-state index in [1.54, 1.807) is 21.2 Å².